The lowest BCUT2D eigenvalue weighted by Gasteiger charge is -2.29. The molecule has 1 aliphatic rings. The van der Waals surface area contributed by atoms with E-state index in [0.29, 0.717) is 0 Å². The minimum Gasteiger partial charge on any atom is -0.124 e. The summed E-state index contributed by atoms with van der Waals surface area (Å²) in [6.45, 7) is 9.11. The molecule has 0 spiro atoms. The predicted molar refractivity (Wildman–Crippen MR) is 105 cm³/mol. The second-order valence-electron chi connectivity index (χ2n) is 4.71. The van der Waals surface area contributed by atoms with Crippen molar-refractivity contribution < 1.29 is 0 Å². The van der Waals surface area contributed by atoms with Gasteiger partial charge in [-0.2, -0.15) is 0 Å². The van der Waals surface area contributed by atoms with Crippen LogP contribution in [0.4, 0.5) is 0 Å². The molecular weight excluding hydrogens is 320 g/mol. The van der Waals surface area contributed by atoms with E-state index in [9.17, 15) is 0 Å². The van der Waals surface area contributed by atoms with E-state index >= 15 is 0 Å². The van der Waals surface area contributed by atoms with Crippen LogP contribution in [0.1, 0.15) is 53.4 Å². The van der Waals surface area contributed by atoms with Crippen molar-refractivity contribution in [2.75, 3.05) is 23.0 Å². The van der Waals surface area contributed by atoms with Crippen LogP contribution >= 0.6 is 47.0 Å². The summed E-state index contributed by atoms with van der Waals surface area (Å²) in [6, 6.07) is 0. The Morgan fingerprint density at radius 2 is 0.650 bits per heavy atom. The predicted octanol–water partition coefficient (Wildman–Crippen LogP) is 7.00. The van der Waals surface area contributed by atoms with Gasteiger partial charge in [-0.25, -0.2) is 0 Å². The molecule has 0 nitrogen and oxygen atoms in total. The number of hydrogen-bond donors (Lipinski definition) is 0. The van der Waals surface area contributed by atoms with Crippen LogP contribution in [0.5, 0.6) is 0 Å². The molecule has 0 N–H and O–H groups in total. The van der Waals surface area contributed by atoms with Gasteiger partial charge >= 0.3 is 0 Å². The molecule has 20 heavy (non-hydrogen) atoms. The summed E-state index contributed by atoms with van der Waals surface area (Å²) in [5.41, 5.74) is 0. The lowest BCUT2D eigenvalue weighted by Crippen LogP contribution is -2.07. The molecule has 1 aliphatic carbocycles. The number of rotatable bonds is 12. The van der Waals surface area contributed by atoms with Gasteiger partial charge in [0.1, 0.15) is 0 Å². The van der Waals surface area contributed by atoms with Gasteiger partial charge in [-0.05, 0) is 48.7 Å². The molecule has 1 rings (SSSR count). The normalized spacial score (nSPS) is 15.0. The Hall–Kier alpha value is 0.880. The monoisotopic (exact) mass is 348 g/mol. The minimum atomic E-state index is 1.26. The summed E-state index contributed by atoms with van der Waals surface area (Å²) >= 11 is 8.34. The van der Waals surface area contributed by atoms with Gasteiger partial charge in [0.25, 0.3) is 0 Å². The Morgan fingerprint density at radius 3 is 0.800 bits per heavy atom. The molecule has 0 amide bonds. The molecule has 0 aliphatic heterocycles. The van der Waals surface area contributed by atoms with Gasteiger partial charge in [0.05, 0.1) is 0 Å². The van der Waals surface area contributed by atoms with E-state index in [2.05, 4.69) is 74.7 Å². The summed E-state index contributed by atoms with van der Waals surface area (Å²) in [6.07, 6.45) is 5.07. The summed E-state index contributed by atoms with van der Waals surface area (Å²) in [7, 11) is 0. The third-order valence-corrected chi connectivity index (χ3v) is 8.38. The maximum atomic E-state index is 2.28. The average molecular weight is 349 g/mol. The van der Waals surface area contributed by atoms with Crippen molar-refractivity contribution in [1.82, 2.24) is 0 Å². The minimum absolute atomic E-state index is 1.26. The summed E-state index contributed by atoms with van der Waals surface area (Å²) in [5, 5.41) is 0. The van der Waals surface area contributed by atoms with Gasteiger partial charge < -0.3 is 0 Å². The lowest BCUT2D eigenvalue weighted by molar-refractivity contribution is 1.10. The van der Waals surface area contributed by atoms with Crippen molar-refractivity contribution in [3.63, 3.8) is 0 Å². The Labute approximate surface area is 142 Å². The SMILES string of the molecule is CCCSC1=C(SCCC)C(SCCC)=C1SCCC. The van der Waals surface area contributed by atoms with E-state index in [0.717, 1.165) is 0 Å². The van der Waals surface area contributed by atoms with Crippen LogP contribution in [0.15, 0.2) is 19.6 Å². The number of hydrogen-bond acceptors (Lipinski definition) is 4. The molecule has 0 radical (unpaired) electrons. The van der Waals surface area contributed by atoms with Crippen LogP contribution in [0.3, 0.4) is 0 Å². The topological polar surface area (TPSA) is 0 Å². The molecule has 0 aromatic rings. The maximum absolute atomic E-state index is 2.28. The average Bonchev–Trinajstić information content (AvgIpc) is 2.45. The van der Waals surface area contributed by atoms with Crippen molar-refractivity contribution in [2.24, 2.45) is 0 Å². The molecule has 0 bridgehead atoms. The van der Waals surface area contributed by atoms with Gasteiger partial charge in [-0.3, -0.25) is 0 Å². The highest BCUT2D eigenvalue weighted by atomic mass is 32.2. The summed E-state index contributed by atoms with van der Waals surface area (Å²) in [5.74, 6) is 5.03. The van der Waals surface area contributed by atoms with Crippen molar-refractivity contribution in [2.45, 2.75) is 53.4 Å². The van der Waals surface area contributed by atoms with Crippen LogP contribution in [0.2, 0.25) is 0 Å². The summed E-state index contributed by atoms with van der Waals surface area (Å²) < 4.78 is 0. The first-order valence-electron chi connectivity index (χ1n) is 7.80. The second kappa shape index (κ2) is 11.4. The third kappa shape index (κ3) is 5.58. The molecule has 0 saturated heterocycles. The zero-order valence-corrected chi connectivity index (χ0v) is 16.6. The lowest BCUT2D eigenvalue weighted by atomic mass is 10.3. The molecule has 4 heteroatoms. The van der Waals surface area contributed by atoms with Gasteiger partial charge in [0.15, 0.2) is 0 Å². The largest absolute Gasteiger partial charge is 0.124 e. The smallest absolute Gasteiger partial charge is 0.0368 e. The molecule has 0 atom stereocenters. The van der Waals surface area contributed by atoms with Crippen molar-refractivity contribution in [1.29, 1.82) is 0 Å². The van der Waals surface area contributed by atoms with Crippen LogP contribution < -0.4 is 0 Å². The van der Waals surface area contributed by atoms with E-state index in [1.54, 1.807) is 19.6 Å². The van der Waals surface area contributed by atoms with E-state index in [4.69, 9.17) is 0 Å². The molecule has 0 aromatic carbocycles. The van der Waals surface area contributed by atoms with E-state index in [1.165, 1.54) is 48.7 Å². The van der Waals surface area contributed by atoms with E-state index in [-0.39, 0.29) is 0 Å². The highest BCUT2D eigenvalue weighted by molar-refractivity contribution is 8.13. The molecular formula is C16H28S4. The zero-order chi connectivity index (χ0) is 14.8. The quantitative estimate of drug-likeness (QED) is 0.372. The van der Waals surface area contributed by atoms with Gasteiger partial charge in [-0.15, -0.1) is 47.0 Å². The van der Waals surface area contributed by atoms with Crippen LogP contribution in [-0.4, -0.2) is 23.0 Å². The van der Waals surface area contributed by atoms with Gasteiger partial charge in [-0.1, -0.05) is 27.7 Å². The highest BCUT2D eigenvalue weighted by Crippen LogP contribution is 2.56. The summed E-state index contributed by atoms with van der Waals surface area (Å²) in [4.78, 5) is 6.45. The van der Waals surface area contributed by atoms with Crippen LogP contribution in [-0.2, 0) is 0 Å². The third-order valence-electron chi connectivity index (χ3n) is 2.63. The molecule has 0 aromatic heterocycles. The first kappa shape index (κ1) is 18.9. The molecule has 0 saturated carbocycles. The van der Waals surface area contributed by atoms with Crippen molar-refractivity contribution in [3.05, 3.63) is 19.6 Å². The van der Waals surface area contributed by atoms with Gasteiger partial charge in [0, 0.05) is 19.6 Å². The highest BCUT2D eigenvalue weighted by Gasteiger charge is 2.30. The van der Waals surface area contributed by atoms with Gasteiger partial charge in [0.2, 0.25) is 0 Å². The van der Waals surface area contributed by atoms with E-state index < -0.39 is 0 Å². The molecule has 116 valence electrons. The molecule has 0 fully saturated rings. The molecule has 0 heterocycles. The standard InChI is InChI=1S/C16H28S4/c1-5-9-17-13-14(18-10-6-2)16(20-12-8-4)15(13)19-11-7-3/h5-12H2,1-4H3. The Morgan fingerprint density at radius 1 is 0.450 bits per heavy atom. The molecule has 0 unspecified atom stereocenters. The maximum Gasteiger partial charge on any atom is 0.0368 e. The van der Waals surface area contributed by atoms with Crippen LogP contribution in [0, 0.1) is 0 Å². The number of thioether (sulfide) groups is 4. The van der Waals surface area contributed by atoms with Crippen molar-refractivity contribution >= 4 is 47.0 Å². The van der Waals surface area contributed by atoms with Crippen molar-refractivity contribution in [3.8, 4) is 0 Å². The first-order valence-corrected chi connectivity index (χ1v) is 11.7. The Kier molecular flexibility index (Phi) is 10.8. The first-order chi connectivity index (χ1) is 9.79. The van der Waals surface area contributed by atoms with Crippen LogP contribution in [0.25, 0.3) is 0 Å². The fourth-order valence-electron chi connectivity index (χ4n) is 1.69. The Bertz CT molecular complexity index is 267. The fraction of sp³-hybridized carbons (Fsp3) is 0.750. The zero-order valence-electron chi connectivity index (χ0n) is 13.3. The Balaban J connectivity index is 2.76. The second-order valence-corrected chi connectivity index (χ2v) is 9.13. The van der Waals surface area contributed by atoms with E-state index in [1.807, 2.05) is 0 Å². The fourth-order valence-corrected chi connectivity index (χ4v) is 6.86.